The highest BCUT2D eigenvalue weighted by molar-refractivity contribution is 7.47. The van der Waals surface area contributed by atoms with Crippen LogP contribution in [0.3, 0.4) is 0 Å². The first kappa shape index (κ1) is 63.2. The monoisotopic (exact) mass is 928 g/mol. The molecular weight excluding hydrogens is 816 g/mol. The third kappa shape index (κ3) is 49.2. The number of amides is 1. The summed E-state index contributed by atoms with van der Waals surface area (Å²) in [6, 6.07) is -0.762. The fraction of sp³-hybridized carbons (Fsp3) is 0.945. The van der Waals surface area contributed by atoms with E-state index in [0.29, 0.717) is 23.9 Å². The molecule has 0 aromatic heterocycles. The number of nitrogens with one attached hydrogen (secondary N) is 1. The largest absolute Gasteiger partial charge is 0.472 e. The standard InChI is InChI=1S/C55H111N2O6P/c1-6-8-10-12-14-16-18-20-22-24-26-27-28-29-30-31-32-34-36-38-40-42-44-46-48-54(58)53(52-63-64(60,61)62-51-50-57(3,4)5)56-55(59)49-47-45-43-41-39-37-35-33-25-23-21-19-17-15-13-11-9-7-2/h33,35,53-54,58H,6-32,34,36-52H2,1-5H3,(H-,56,59,60,61)/p+1/b35-33-. The summed E-state index contributed by atoms with van der Waals surface area (Å²) in [5.41, 5.74) is 0. The molecule has 64 heavy (non-hydrogen) atoms. The molecule has 0 aromatic carbocycles. The van der Waals surface area contributed by atoms with E-state index >= 15 is 0 Å². The lowest BCUT2D eigenvalue weighted by atomic mass is 10.0. The van der Waals surface area contributed by atoms with Crippen molar-refractivity contribution < 1.29 is 32.9 Å². The summed E-state index contributed by atoms with van der Waals surface area (Å²) >= 11 is 0. The average Bonchev–Trinajstić information content (AvgIpc) is 3.25. The number of quaternary nitrogens is 1. The number of aliphatic hydroxyl groups is 1. The van der Waals surface area contributed by atoms with Crippen LogP contribution in [-0.2, 0) is 18.4 Å². The average molecular weight is 928 g/mol. The number of carbonyl (C=O) groups is 1. The van der Waals surface area contributed by atoms with E-state index in [9.17, 15) is 19.4 Å². The second-order valence-electron chi connectivity index (χ2n) is 20.7. The Kier molecular flexibility index (Phi) is 46.8. The van der Waals surface area contributed by atoms with Crippen molar-refractivity contribution in [2.45, 2.75) is 296 Å². The van der Waals surface area contributed by atoms with Gasteiger partial charge in [-0.05, 0) is 38.5 Å². The number of allylic oxidation sites excluding steroid dienone is 2. The molecule has 0 rings (SSSR count). The van der Waals surface area contributed by atoms with Crippen molar-refractivity contribution in [3.63, 3.8) is 0 Å². The van der Waals surface area contributed by atoms with Crippen molar-refractivity contribution in [3.05, 3.63) is 12.2 Å². The first-order valence-electron chi connectivity index (χ1n) is 28.1. The van der Waals surface area contributed by atoms with Gasteiger partial charge in [-0.1, -0.05) is 251 Å². The number of aliphatic hydroxyl groups excluding tert-OH is 1. The zero-order valence-electron chi connectivity index (χ0n) is 43.6. The maximum Gasteiger partial charge on any atom is 0.472 e. The number of carbonyl (C=O) groups excluding carboxylic acids is 1. The topological polar surface area (TPSA) is 105 Å². The van der Waals surface area contributed by atoms with Gasteiger partial charge < -0.3 is 19.8 Å². The minimum Gasteiger partial charge on any atom is -0.391 e. The Morgan fingerprint density at radius 2 is 0.844 bits per heavy atom. The molecule has 0 aliphatic carbocycles. The Hall–Kier alpha value is -0.760. The van der Waals surface area contributed by atoms with Gasteiger partial charge in [0.15, 0.2) is 0 Å². The minimum absolute atomic E-state index is 0.0754. The van der Waals surface area contributed by atoms with E-state index in [4.69, 9.17) is 9.05 Å². The predicted molar refractivity (Wildman–Crippen MR) is 277 cm³/mol. The zero-order chi connectivity index (χ0) is 47.1. The maximum absolute atomic E-state index is 13.0. The van der Waals surface area contributed by atoms with E-state index in [1.807, 2.05) is 21.1 Å². The van der Waals surface area contributed by atoms with Crippen LogP contribution in [0.15, 0.2) is 12.2 Å². The van der Waals surface area contributed by atoms with E-state index < -0.39 is 20.0 Å². The number of phosphoric ester groups is 1. The molecule has 0 heterocycles. The highest BCUT2D eigenvalue weighted by Gasteiger charge is 2.28. The number of hydrogen-bond donors (Lipinski definition) is 3. The van der Waals surface area contributed by atoms with Crippen LogP contribution in [0, 0.1) is 0 Å². The molecular formula is C55H112N2O6P+. The summed E-state index contributed by atoms with van der Waals surface area (Å²) < 4.78 is 23.8. The lowest BCUT2D eigenvalue weighted by molar-refractivity contribution is -0.870. The van der Waals surface area contributed by atoms with Crippen LogP contribution in [0.2, 0.25) is 0 Å². The summed E-state index contributed by atoms with van der Waals surface area (Å²) in [7, 11) is 1.62. The van der Waals surface area contributed by atoms with Gasteiger partial charge in [0.25, 0.3) is 0 Å². The molecule has 0 fully saturated rings. The Morgan fingerprint density at radius 1 is 0.516 bits per heavy atom. The first-order valence-corrected chi connectivity index (χ1v) is 29.5. The molecule has 3 unspecified atom stereocenters. The normalized spacial score (nSPS) is 14.0. The Labute approximate surface area is 399 Å². The Bertz CT molecular complexity index is 1050. The van der Waals surface area contributed by atoms with Crippen molar-refractivity contribution in [3.8, 4) is 0 Å². The lowest BCUT2D eigenvalue weighted by Gasteiger charge is -2.26. The molecule has 0 aliphatic rings. The first-order chi connectivity index (χ1) is 31.0. The fourth-order valence-electron chi connectivity index (χ4n) is 8.57. The molecule has 9 heteroatoms. The smallest absolute Gasteiger partial charge is 0.391 e. The molecule has 0 bridgehead atoms. The molecule has 0 saturated heterocycles. The number of likely N-dealkylation sites (N-methyl/N-ethyl adjacent to an activating group) is 1. The molecule has 0 aromatic rings. The highest BCUT2D eigenvalue weighted by atomic mass is 31.2. The van der Waals surface area contributed by atoms with E-state index in [0.717, 1.165) is 44.9 Å². The van der Waals surface area contributed by atoms with Crippen LogP contribution in [0.1, 0.15) is 284 Å². The fourth-order valence-corrected chi connectivity index (χ4v) is 9.31. The van der Waals surface area contributed by atoms with Gasteiger partial charge in [-0.25, -0.2) is 4.57 Å². The number of nitrogens with zero attached hydrogens (tertiary/aromatic N) is 1. The van der Waals surface area contributed by atoms with E-state index in [1.165, 1.54) is 212 Å². The molecule has 0 spiro atoms. The molecule has 0 radical (unpaired) electrons. The van der Waals surface area contributed by atoms with Gasteiger partial charge in [-0.15, -0.1) is 0 Å². The molecule has 382 valence electrons. The van der Waals surface area contributed by atoms with Gasteiger partial charge in [0, 0.05) is 6.42 Å². The summed E-state index contributed by atoms with van der Waals surface area (Å²) in [5, 5.41) is 14.1. The molecule has 0 saturated carbocycles. The predicted octanol–water partition coefficient (Wildman–Crippen LogP) is 16.7. The van der Waals surface area contributed by atoms with Crippen molar-refractivity contribution in [2.24, 2.45) is 0 Å². The second kappa shape index (κ2) is 47.3. The van der Waals surface area contributed by atoms with Crippen LogP contribution < -0.4 is 5.32 Å². The lowest BCUT2D eigenvalue weighted by Crippen LogP contribution is -2.46. The summed E-state index contributed by atoms with van der Waals surface area (Å²) in [6.45, 7) is 4.92. The van der Waals surface area contributed by atoms with Crippen LogP contribution in [0.4, 0.5) is 0 Å². The van der Waals surface area contributed by atoms with E-state index in [1.54, 1.807) is 0 Å². The zero-order valence-corrected chi connectivity index (χ0v) is 44.4. The number of phosphoric acid groups is 1. The molecule has 8 nitrogen and oxygen atoms in total. The highest BCUT2D eigenvalue weighted by Crippen LogP contribution is 2.43. The summed E-state index contributed by atoms with van der Waals surface area (Å²) in [4.78, 5) is 23.3. The summed E-state index contributed by atoms with van der Waals surface area (Å²) in [6.07, 6.45) is 56.9. The second-order valence-corrected chi connectivity index (χ2v) is 22.1. The van der Waals surface area contributed by atoms with E-state index in [-0.39, 0.29) is 19.1 Å². The van der Waals surface area contributed by atoms with Gasteiger partial charge in [0.05, 0.1) is 39.9 Å². The van der Waals surface area contributed by atoms with Gasteiger partial charge >= 0.3 is 7.82 Å². The Balaban J connectivity index is 4.17. The van der Waals surface area contributed by atoms with Gasteiger partial charge in [0.1, 0.15) is 13.2 Å². The van der Waals surface area contributed by atoms with Crippen LogP contribution in [0.5, 0.6) is 0 Å². The van der Waals surface area contributed by atoms with Crippen molar-refractivity contribution >= 4 is 13.7 Å². The number of hydrogen-bond acceptors (Lipinski definition) is 5. The van der Waals surface area contributed by atoms with Crippen LogP contribution in [0.25, 0.3) is 0 Å². The van der Waals surface area contributed by atoms with Crippen molar-refractivity contribution in [2.75, 3.05) is 40.9 Å². The van der Waals surface area contributed by atoms with Crippen molar-refractivity contribution in [1.82, 2.24) is 5.32 Å². The SMILES string of the molecule is CCCCCCCCCCC/C=C\CCCCCCCC(=O)NC(COP(=O)(O)OCC[N+](C)(C)C)C(O)CCCCCCCCCCCCCCCCCCCCCCCCCC. The summed E-state index contributed by atoms with van der Waals surface area (Å²) in [5.74, 6) is -0.148. The Morgan fingerprint density at radius 3 is 1.20 bits per heavy atom. The molecule has 3 N–H and O–H groups in total. The van der Waals surface area contributed by atoms with Gasteiger partial charge in [-0.3, -0.25) is 13.8 Å². The number of rotatable bonds is 52. The third-order valence-corrected chi connectivity index (χ3v) is 14.0. The molecule has 0 aliphatic heterocycles. The quantitative estimate of drug-likeness (QED) is 0.0243. The van der Waals surface area contributed by atoms with Crippen LogP contribution in [-0.4, -0.2) is 73.4 Å². The van der Waals surface area contributed by atoms with Gasteiger partial charge in [-0.2, -0.15) is 0 Å². The minimum atomic E-state index is -4.32. The third-order valence-electron chi connectivity index (χ3n) is 13.0. The molecule has 3 atom stereocenters. The molecule has 1 amide bonds. The van der Waals surface area contributed by atoms with Gasteiger partial charge in [0.2, 0.25) is 5.91 Å². The van der Waals surface area contributed by atoms with E-state index in [2.05, 4.69) is 31.3 Å². The number of unbranched alkanes of at least 4 members (excludes halogenated alkanes) is 37. The van der Waals surface area contributed by atoms with Crippen LogP contribution >= 0.6 is 7.82 Å². The maximum atomic E-state index is 13.0. The van der Waals surface area contributed by atoms with Crippen molar-refractivity contribution in [1.29, 1.82) is 0 Å².